The van der Waals surface area contributed by atoms with Gasteiger partial charge in [0, 0.05) is 38.4 Å². The van der Waals surface area contributed by atoms with Crippen LogP contribution in [0.4, 0.5) is 0 Å². The molecule has 2 N–H and O–H groups in total. The first-order valence-corrected chi connectivity index (χ1v) is 10.1. The quantitative estimate of drug-likeness (QED) is 0.305. The molecule has 0 saturated heterocycles. The highest BCUT2D eigenvalue weighted by Gasteiger charge is 2.20. The van der Waals surface area contributed by atoms with Crippen LogP contribution in [0, 0.1) is 5.92 Å². The van der Waals surface area contributed by atoms with Gasteiger partial charge in [-0.15, -0.1) is 0 Å². The second-order valence-electron chi connectivity index (χ2n) is 6.80. The summed E-state index contributed by atoms with van der Waals surface area (Å²) >= 11 is 0. The van der Waals surface area contributed by atoms with Crippen molar-refractivity contribution >= 4 is 5.96 Å². The predicted molar refractivity (Wildman–Crippen MR) is 112 cm³/mol. The Morgan fingerprint density at radius 3 is 2.50 bits per heavy atom. The third-order valence-electron chi connectivity index (χ3n) is 4.58. The lowest BCUT2D eigenvalue weighted by Gasteiger charge is -2.16. The molecule has 1 aromatic carbocycles. The molecule has 1 aromatic rings. The van der Waals surface area contributed by atoms with Gasteiger partial charge in [0.2, 0.25) is 5.75 Å². The maximum Gasteiger partial charge on any atom is 0.203 e. The average Bonchev–Trinajstić information content (AvgIpc) is 3.54. The second-order valence-corrected chi connectivity index (χ2v) is 6.80. The van der Waals surface area contributed by atoms with Gasteiger partial charge in [-0.1, -0.05) is 6.07 Å². The van der Waals surface area contributed by atoms with Crippen LogP contribution in [-0.2, 0) is 11.2 Å². The summed E-state index contributed by atoms with van der Waals surface area (Å²) in [4.78, 5) is 4.62. The topological polar surface area (TPSA) is 73.3 Å². The van der Waals surface area contributed by atoms with E-state index in [4.69, 9.17) is 18.9 Å². The maximum atomic E-state index is 5.66. The Bertz CT molecular complexity index is 618. The Hall–Kier alpha value is -2.15. The summed E-state index contributed by atoms with van der Waals surface area (Å²) in [6.45, 7) is 6.06. The highest BCUT2D eigenvalue weighted by Crippen LogP contribution is 2.39. The lowest BCUT2D eigenvalue weighted by atomic mass is 10.1. The summed E-state index contributed by atoms with van der Waals surface area (Å²) in [6, 6.07) is 3.90. The fraction of sp³-hybridized carbons (Fsp3) is 0.667. The van der Waals surface area contributed by atoms with Gasteiger partial charge >= 0.3 is 0 Å². The van der Waals surface area contributed by atoms with Crippen molar-refractivity contribution in [3.8, 4) is 17.2 Å². The van der Waals surface area contributed by atoms with E-state index >= 15 is 0 Å². The van der Waals surface area contributed by atoms with E-state index < -0.39 is 0 Å². The number of nitrogens with one attached hydrogen (secondary N) is 2. The number of methoxy groups -OCH3 is 3. The second kappa shape index (κ2) is 12.3. The molecule has 158 valence electrons. The maximum absolute atomic E-state index is 5.66. The normalized spacial score (nSPS) is 13.9. The zero-order valence-electron chi connectivity index (χ0n) is 17.7. The first-order valence-electron chi connectivity index (χ1n) is 10.1. The van der Waals surface area contributed by atoms with E-state index in [1.165, 1.54) is 12.8 Å². The highest BCUT2D eigenvalue weighted by molar-refractivity contribution is 5.79. The van der Waals surface area contributed by atoms with Gasteiger partial charge in [0.25, 0.3) is 0 Å². The van der Waals surface area contributed by atoms with Crippen molar-refractivity contribution in [1.82, 2.24) is 10.6 Å². The molecule has 0 heterocycles. The van der Waals surface area contributed by atoms with Crippen LogP contribution < -0.4 is 24.8 Å². The summed E-state index contributed by atoms with van der Waals surface area (Å²) < 4.78 is 22.0. The van der Waals surface area contributed by atoms with Crippen molar-refractivity contribution in [3.63, 3.8) is 0 Å². The summed E-state index contributed by atoms with van der Waals surface area (Å²) in [5, 5.41) is 6.66. The molecule has 0 unspecified atom stereocenters. The Balaban J connectivity index is 1.81. The van der Waals surface area contributed by atoms with Crippen LogP contribution in [0.1, 0.15) is 31.7 Å². The highest BCUT2D eigenvalue weighted by atomic mass is 16.5. The monoisotopic (exact) mass is 393 g/mol. The lowest BCUT2D eigenvalue weighted by Crippen LogP contribution is -2.38. The number of hydrogen-bond donors (Lipinski definition) is 2. The standard InChI is InChI=1S/C21H35N3O4/c1-5-22-21(23-12-6-14-28-15-16-7-8-16)24-13-11-17-9-10-18(25-2)20(27-4)19(17)26-3/h9-10,16H,5-8,11-15H2,1-4H3,(H2,22,23,24). The van der Waals surface area contributed by atoms with Gasteiger partial charge in [0.05, 0.1) is 21.3 Å². The van der Waals surface area contributed by atoms with Crippen molar-refractivity contribution < 1.29 is 18.9 Å². The average molecular weight is 394 g/mol. The van der Waals surface area contributed by atoms with Crippen molar-refractivity contribution in [1.29, 1.82) is 0 Å². The third-order valence-corrected chi connectivity index (χ3v) is 4.58. The minimum absolute atomic E-state index is 0.620. The van der Waals surface area contributed by atoms with Crippen molar-refractivity contribution in [2.75, 3.05) is 54.2 Å². The number of hydrogen-bond acceptors (Lipinski definition) is 5. The largest absolute Gasteiger partial charge is 0.493 e. The molecule has 2 rings (SSSR count). The number of nitrogens with zero attached hydrogens (tertiary/aromatic N) is 1. The van der Waals surface area contributed by atoms with Crippen LogP contribution in [0.3, 0.4) is 0 Å². The molecule has 1 saturated carbocycles. The number of benzene rings is 1. The first kappa shape index (κ1) is 22.1. The first-order chi connectivity index (χ1) is 13.7. The Labute approximate surface area is 168 Å². The summed E-state index contributed by atoms with van der Waals surface area (Å²) in [5.41, 5.74) is 1.05. The molecular weight excluding hydrogens is 358 g/mol. The minimum Gasteiger partial charge on any atom is -0.493 e. The van der Waals surface area contributed by atoms with Crippen LogP contribution in [0.25, 0.3) is 0 Å². The fourth-order valence-corrected chi connectivity index (χ4v) is 2.91. The van der Waals surface area contributed by atoms with Gasteiger partial charge < -0.3 is 29.6 Å². The van der Waals surface area contributed by atoms with Crippen LogP contribution in [0.15, 0.2) is 17.1 Å². The van der Waals surface area contributed by atoms with Gasteiger partial charge in [0.15, 0.2) is 17.5 Å². The Kier molecular flexibility index (Phi) is 9.76. The molecule has 0 amide bonds. The van der Waals surface area contributed by atoms with Crippen molar-refractivity contribution in [3.05, 3.63) is 17.7 Å². The smallest absolute Gasteiger partial charge is 0.203 e. The van der Waals surface area contributed by atoms with E-state index in [2.05, 4.69) is 22.5 Å². The molecule has 1 aliphatic carbocycles. The van der Waals surface area contributed by atoms with E-state index in [0.29, 0.717) is 17.2 Å². The molecular formula is C21H35N3O4. The van der Waals surface area contributed by atoms with E-state index in [-0.39, 0.29) is 0 Å². The fourth-order valence-electron chi connectivity index (χ4n) is 2.91. The summed E-state index contributed by atoms with van der Waals surface area (Å²) in [7, 11) is 4.88. The number of ether oxygens (including phenoxy) is 4. The summed E-state index contributed by atoms with van der Waals surface area (Å²) in [6.07, 6.45) is 4.38. The molecule has 0 atom stereocenters. The van der Waals surface area contributed by atoms with Gasteiger partial charge in [0.1, 0.15) is 0 Å². The number of rotatable bonds is 13. The van der Waals surface area contributed by atoms with Crippen LogP contribution >= 0.6 is 0 Å². The SMILES string of the molecule is CCNC(=NCCCOCC1CC1)NCCc1ccc(OC)c(OC)c1OC. The Morgan fingerprint density at radius 2 is 1.86 bits per heavy atom. The van der Waals surface area contributed by atoms with Crippen molar-refractivity contribution in [2.24, 2.45) is 10.9 Å². The number of aliphatic imine (C=N–C) groups is 1. The third kappa shape index (κ3) is 7.11. The van der Waals surface area contributed by atoms with E-state index in [1.807, 2.05) is 12.1 Å². The minimum atomic E-state index is 0.620. The van der Waals surface area contributed by atoms with Crippen LogP contribution in [-0.4, -0.2) is 60.1 Å². The zero-order valence-corrected chi connectivity index (χ0v) is 17.7. The summed E-state index contributed by atoms with van der Waals surface area (Å²) in [5.74, 6) is 3.63. The molecule has 0 aromatic heterocycles. The molecule has 1 fully saturated rings. The molecule has 0 bridgehead atoms. The van der Waals surface area contributed by atoms with Gasteiger partial charge in [-0.25, -0.2) is 0 Å². The molecule has 0 aliphatic heterocycles. The lowest BCUT2D eigenvalue weighted by molar-refractivity contribution is 0.123. The van der Waals surface area contributed by atoms with E-state index in [0.717, 1.165) is 63.1 Å². The van der Waals surface area contributed by atoms with Crippen LogP contribution in [0.2, 0.25) is 0 Å². The van der Waals surface area contributed by atoms with Crippen molar-refractivity contribution in [2.45, 2.75) is 32.6 Å². The molecule has 28 heavy (non-hydrogen) atoms. The molecule has 7 heteroatoms. The number of guanidine groups is 1. The van der Waals surface area contributed by atoms with Gasteiger partial charge in [-0.05, 0) is 44.6 Å². The molecule has 7 nitrogen and oxygen atoms in total. The molecule has 0 radical (unpaired) electrons. The Morgan fingerprint density at radius 1 is 1.07 bits per heavy atom. The van der Waals surface area contributed by atoms with Crippen LogP contribution in [0.5, 0.6) is 17.2 Å². The molecule has 0 spiro atoms. The van der Waals surface area contributed by atoms with E-state index in [9.17, 15) is 0 Å². The zero-order chi connectivity index (χ0) is 20.2. The van der Waals surface area contributed by atoms with Gasteiger partial charge in [-0.3, -0.25) is 4.99 Å². The molecule has 1 aliphatic rings. The van der Waals surface area contributed by atoms with Gasteiger partial charge in [-0.2, -0.15) is 0 Å². The predicted octanol–water partition coefficient (Wildman–Crippen LogP) is 2.63. The van der Waals surface area contributed by atoms with E-state index in [1.54, 1.807) is 21.3 Å².